The second-order valence-corrected chi connectivity index (χ2v) is 4.49. The Kier molecular flexibility index (Phi) is 1.92. The molecular weight excluding hydrogens is 136 g/mol. The van der Waals surface area contributed by atoms with E-state index in [4.69, 9.17) is 5.11 Å². The summed E-state index contributed by atoms with van der Waals surface area (Å²) in [7, 11) is 0. The van der Waals surface area contributed by atoms with Gasteiger partial charge in [-0.2, -0.15) is 0 Å². The van der Waals surface area contributed by atoms with Crippen molar-refractivity contribution in [3.05, 3.63) is 0 Å². The molecule has 0 saturated heterocycles. The van der Waals surface area contributed by atoms with Crippen molar-refractivity contribution < 1.29 is 5.11 Å². The fourth-order valence-corrected chi connectivity index (χ4v) is 2.55. The number of hydrogen-bond acceptors (Lipinski definition) is 1. The predicted octanol–water partition coefficient (Wildman–Crippen LogP) is 2.05. The van der Waals surface area contributed by atoms with Gasteiger partial charge in [0.05, 0.1) is 0 Å². The molecule has 0 heterocycles. The molecule has 3 unspecified atom stereocenters. The van der Waals surface area contributed by atoms with Crippen molar-refractivity contribution in [1.29, 1.82) is 0 Å². The molecule has 64 valence electrons. The zero-order valence-corrected chi connectivity index (χ0v) is 7.29. The fraction of sp³-hybridized carbons (Fsp3) is 1.00. The van der Waals surface area contributed by atoms with Crippen LogP contribution in [0.3, 0.4) is 0 Å². The van der Waals surface area contributed by atoms with Gasteiger partial charge in [-0.25, -0.2) is 0 Å². The lowest BCUT2D eigenvalue weighted by Crippen LogP contribution is -2.19. The number of aliphatic hydroxyl groups excluding tert-OH is 1. The molecule has 0 aromatic carbocycles. The Morgan fingerprint density at radius 3 is 2.73 bits per heavy atom. The molecule has 1 N–H and O–H groups in total. The van der Waals surface area contributed by atoms with Crippen molar-refractivity contribution in [2.24, 2.45) is 23.7 Å². The van der Waals surface area contributed by atoms with Crippen LogP contribution >= 0.6 is 0 Å². The summed E-state index contributed by atoms with van der Waals surface area (Å²) in [6.07, 6.45) is 5.73. The van der Waals surface area contributed by atoms with Crippen LogP contribution in [0.5, 0.6) is 0 Å². The molecule has 1 heteroatoms. The van der Waals surface area contributed by atoms with E-state index in [-0.39, 0.29) is 0 Å². The molecule has 2 rings (SSSR count). The van der Waals surface area contributed by atoms with Crippen molar-refractivity contribution in [1.82, 2.24) is 0 Å². The number of hydrogen-bond donors (Lipinski definition) is 1. The minimum absolute atomic E-state index is 0.391. The van der Waals surface area contributed by atoms with Crippen molar-refractivity contribution in [3.8, 4) is 0 Å². The number of aliphatic hydroxyl groups is 1. The lowest BCUT2D eigenvalue weighted by atomic mass is 9.81. The summed E-state index contributed by atoms with van der Waals surface area (Å²) in [6.45, 7) is 2.58. The summed E-state index contributed by atoms with van der Waals surface area (Å²) in [5.74, 6) is 3.54. The molecule has 11 heavy (non-hydrogen) atoms. The van der Waals surface area contributed by atoms with Crippen molar-refractivity contribution in [2.45, 2.75) is 32.6 Å². The second kappa shape index (κ2) is 2.78. The van der Waals surface area contributed by atoms with Crippen LogP contribution in [0.4, 0.5) is 0 Å². The predicted molar refractivity (Wildman–Crippen MR) is 45.2 cm³/mol. The maximum atomic E-state index is 8.99. The van der Waals surface area contributed by atoms with Crippen molar-refractivity contribution in [3.63, 3.8) is 0 Å². The van der Waals surface area contributed by atoms with Gasteiger partial charge in [-0.15, -0.1) is 0 Å². The number of fused-ring (bicyclic) bond motifs is 1. The van der Waals surface area contributed by atoms with Gasteiger partial charge in [0.1, 0.15) is 0 Å². The molecule has 4 atom stereocenters. The molecule has 0 bridgehead atoms. The molecule has 0 aromatic heterocycles. The van der Waals surface area contributed by atoms with E-state index in [1.54, 1.807) is 0 Å². The fourth-order valence-electron chi connectivity index (χ4n) is 2.55. The van der Waals surface area contributed by atoms with E-state index in [9.17, 15) is 0 Å². The first-order valence-electron chi connectivity index (χ1n) is 4.92. The highest BCUT2D eigenvalue weighted by Gasteiger charge is 2.42. The Bertz CT molecular complexity index is 144. The SMILES string of the molecule is C[C@H](CO)C1CCC2CC2C1. The monoisotopic (exact) mass is 154 g/mol. The molecule has 2 saturated carbocycles. The van der Waals surface area contributed by atoms with Gasteiger partial charge in [0.25, 0.3) is 0 Å². The third-order valence-corrected chi connectivity index (χ3v) is 3.68. The van der Waals surface area contributed by atoms with Crippen LogP contribution in [-0.4, -0.2) is 11.7 Å². The highest BCUT2D eigenvalue weighted by atomic mass is 16.3. The molecule has 0 aliphatic heterocycles. The van der Waals surface area contributed by atoms with Gasteiger partial charge < -0.3 is 5.11 Å². The lowest BCUT2D eigenvalue weighted by molar-refractivity contribution is 0.157. The molecule has 2 aliphatic carbocycles. The molecular formula is C10H18O. The smallest absolute Gasteiger partial charge is 0.0459 e. The third-order valence-electron chi connectivity index (χ3n) is 3.68. The summed E-state index contributed by atoms with van der Waals surface area (Å²) < 4.78 is 0. The number of rotatable bonds is 2. The highest BCUT2D eigenvalue weighted by Crippen LogP contribution is 2.52. The molecule has 2 aliphatic rings. The van der Waals surface area contributed by atoms with Gasteiger partial charge in [0.2, 0.25) is 0 Å². The third kappa shape index (κ3) is 1.44. The summed E-state index contributed by atoms with van der Waals surface area (Å²) in [5, 5.41) is 8.99. The summed E-state index contributed by atoms with van der Waals surface area (Å²) in [5.41, 5.74) is 0. The van der Waals surface area contributed by atoms with Crippen LogP contribution < -0.4 is 0 Å². The topological polar surface area (TPSA) is 20.2 Å². The summed E-state index contributed by atoms with van der Waals surface area (Å²) in [4.78, 5) is 0. The Hall–Kier alpha value is -0.0400. The quantitative estimate of drug-likeness (QED) is 0.645. The van der Waals surface area contributed by atoms with E-state index in [2.05, 4.69) is 6.92 Å². The second-order valence-electron chi connectivity index (χ2n) is 4.49. The zero-order valence-electron chi connectivity index (χ0n) is 7.29. The maximum Gasteiger partial charge on any atom is 0.0459 e. The summed E-state index contributed by atoms with van der Waals surface area (Å²) in [6, 6.07) is 0. The lowest BCUT2D eigenvalue weighted by Gasteiger charge is -2.25. The van der Waals surface area contributed by atoms with Gasteiger partial charge in [0.15, 0.2) is 0 Å². The van der Waals surface area contributed by atoms with E-state index in [0.717, 1.165) is 17.8 Å². The first-order chi connectivity index (χ1) is 5.31. The van der Waals surface area contributed by atoms with Gasteiger partial charge in [-0.1, -0.05) is 6.92 Å². The maximum absolute atomic E-state index is 8.99. The van der Waals surface area contributed by atoms with Crippen LogP contribution in [0.15, 0.2) is 0 Å². The van der Waals surface area contributed by atoms with Crippen molar-refractivity contribution in [2.75, 3.05) is 6.61 Å². The normalized spacial score (nSPS) is 44.7. The van der Waals surface area contributed by atoms with E-state index in [0.29, 0.717) is 12.5 Å². The molecule has 0 amide bonds. The Morgan fingerprint density at radius 1 is 1.27 bits per heavy atom. The highest BCUT2D eigenvalue weighted by molar-refractivity contribution is 4.93. The molecule has 2 fully saturated rings. The molecule has 1 nitrogen and oxygen atoms in total. The van der Waals surface area contributed by atoms with Crippen LogP contribution in [0.2, 0.25) is 0 Å². The standard InChI is InChI=1S/C10H18O/c1-7(6-11)8-2-3-9-5-10(9)4-8/h7-11H,2-6H2,1H3/t7-,8?,9?,10?/m1/s1. The first kappa shape index (κ1) is 7.60. The average molecular weight is 154 g/mol. The van der Waals surface area contributed by atoms with E-state index >= 15 is 0 Å². The first-order valence-corrected chi connectivity index (χ1v) is 4.92. The van der Waals surface area contributed by atoms with Gasteiger partial charge in [-0.05, 0) is 49.4 Å². The van der Waals surface area contributed by atoms with Crippen LogP contribution in [0.1, 0.15) is 32.6 Å². The largest absolute Gasteiger partial charge is 0.396 e. The van der Waals surface area contributed by atoms with Crippen LogP contribution in [0, 0.1) is 23.7 Å². The van der Waals surface area contributed by atoms with Gasteiger partial charge in [-0.3, -0.25) is 0 Å². The minimum Gasteiger partial charge on any atom is -0.396 e. The van der Waals surface area contributed by atoms with Crippen molar-refractivity contribution >= 4 is 0 Å². The Balaban J connectivity index is 1.84. The van der Waals surface area contributed by atoms with Crippen LogP contribution in [-0.2, 0) is 0 Å². The van der Waals surface area contributed by atoms with Gasteiger partial charge in [0, 0.05) is 6.61 Å². The van der Waals surface area contributed by atoms with E-state index in [1.807, 2.05) is 0 Å². The molecule has 0 aromatic rings. The Labute approximate surface area is 68.8 Å². The summed E-state index contributed by atoms with van der Waals surface area (Å²) >= 11 is 0. The minimum atomic E-state index is 0.391. The van der Waals surface area contributed by atoms with E-state index in [1.165, 1.54) is 25.7 Å². The zero-order chi connectivity index (χ0) is 7.84. The molecule has 0 radical (unpaired) electrons. The molecule has 0 spiro atoms. The van der Waals surface area contributed by atoms with E-state index < -0.39 is 0 Å². The van der Waals surface area contributed by atoms with Gasteiger partial charge >= 0.3 is 0 Å². The van der Waals surface area contributed by atoms with Crippen LogP contribution in [0.25, 0.3) is 0 Å². The Morgan fingerprint density at radius 2 is 2.09 bits per heavy atom. The average Bonchev–Trinajstić information content (AvgIpc) is 2.80.